The van der Waals surface area contributed by atoms with E-state index in [0.717, 1.165) is 23.8 Å². The topological polar surface area (TPSA) is 3.24 Å². The molecule has 4 fully saturated rings. The Morgan fingerprint density at radius 1 is 1.06 bits per heavy atom. The zero-order valence-electron chi connectivity index (χ0n) is 11.6. The molecule has 16 heavy (non-hydrogen) atoms. The van der Waals surface area contributed by atoms with Gasteiger partial charge < -0.3 is 0 Å². The van der Waals surface area contributed by atoms with Crippen LogP contribution in [0.2, 0.25) is 0 Å². The number of hydrogen-bond donors (Lipinski definition) is 0. The number of nitrogens with zero attached hydrogens (tertiary/aromatic N) is 1. The van der Waals surface area contributed by atoms with Gasteiger partial charge in [0.2, 0.25) is 0 Å². The third-order valence-corrected chi connectivity index (χ3v) is 5.97. The minimum Gasteiger partial charge on any atom is -0.298 e. The Balaban J connectivity index is 1.93. The van der Waals surface area contributed by atoms with Gasteiger partial charge in [-0.1, -0.05) is 20.8 Å². The Morgan fingerprint density at radius 2 is 1.56 bits per heavy atom. The second kappa shape index (κ2) is 3.04. The summed E-state index contributed by atoms with van der Waals surface area (Å²) in [6, 6.07) is 0.904. The van der Waals surface area contributed by atoms with Crippen molar-refractivity contribution in [2.24, 2.45) is 23.2 Å². The number of hydrogen-bond acceptors (Lipinski definition) is 1. The molecule has 1 heteroatoms. The molecule has 2 aliphatic heterocycles. The molecule has 2 unspecified atom stereocenters. The standard InChI is InChI=1S/C15H27N/c1-14(2,3)13-10-6-12-7-11(13)9-15(4,8-10)16(12)5/h10-13H,6-9H2,1-5H3. The van der Waals surface area contributed by atoms with Gasteiger partial charge >= 0.3 is 0 Å². The second-order valence-electron chi connectivity index (χ2n) is 8.05. The summed E-state index contributed by atoms with van der Waals surface area (Å²) in [6.07, 6.45) is 5.87. The highest BCUT2D eigenvalue weighted by Gasteiger charge is 2.58. The highest BCUT2D eigenvalue weighted by Crippen LogP contribution is 2.60. The van der Waals surface area contributed by atoms with Crippen LogP contribution in [0.25, 0.3) is 0 Å². The van der Waals surface area contributed by atoms with E-state index in [-0.39, 0.29) is 0 Å². The van der Waals surface area contributed by atoms with Crippen molar-refractivity contribution in [3.8, 4) is 0 Å². The molecule has 2 saturated carbocycles. The van der Waals surface area contributed by atoms with Crippen molar-refractivity contribution in [1.29, 1.82) is 0 Å². The fourth-order valence-corrected chi connectivity index (χ4v) is 5.57. The molecule has 4 aliphatic rings. The van der Waals surface area contributed by atoms with Crippen molar-refractivity contribution in [2.45, 2.75) is 65.0 Å². The van der Waals surface area contributed by atoms with Gasteiger partial charge in [-0.05, 0) is 62.8 Å². The predicted molar refractivity (Wildman–Crippen MR) is 68.3 cm³/mol. The lowest BCUT2D eigenvalue weighted by molar-refractivity contribution is -0.155. The molecular weight excluding hydrogens is 194 g/mol. The van der Waals surface area contributed by atoms with E-state index in [1.54, 1.807) is 0 Å². The van der Waals surface area contributed by atoms with Gasteiger partial charge in [0, 0.05) is 11.6 Å². The highest BCUT2D eigenvalue weighted by atomic mass is 15.2. The zero-order chi connectivity index (χ0) is 11.7. The Bertz CT molecular complexity index is 285. The van der Waals surface area contributed by atoms with Crippen molar-refractivity contribution in [3.63, 3.8) is 0 Å². The molecule has 0 amide bonds. The molecule has 2 heterocycles. The first-order chi connectivity index (χ1) is 7.31. The first-order valence-corrected chi connectivity index (χ1v) is 7.04. The van der Waals surface area contributed by atoms with Crippen molar-refractivity contribution < 1.29 is 0 Å². The molecule has 4 rings (SSSR count). The summed E-state index contributed by atoms with van der Waals surface area (Å²) in [6.45, 7) is 9.90. The molecule has 0 aromatic carbocycles. The van der Waals surface area contributed by atoms with Gasteiger partial charge in [-0.3, -0.25) is 4.90 Å². The largest absolute Gasteiger partial charge is 0.298 e. The summed E-state index contributed by atoms with van der Waals surface area (Å²) in [5.74, 6) is 3.02. The van der Waals surface area contributed by atoms with Gasteiger partial charge in [-0.15, -0.1) is 0 Å². The van der Waals surface area contributed by atoms with Crippen LogP contribution >= 0.6 is 0 Å². The van der Waals surface area contributed by atoms with Crippen LogP contribution in [0, 0.1) is 23.2 Å². The zero-order valence-corrected chi connectivity index (χ0v) is 11.6. The minimum absolute atomic E-state index is 0.525. The summed E-state index contributed by atoms with van der Waals surface area (Å²) < 4.78 is 0. The molecule has 4 bridgehead atoms. The summed E-state index contributed by atoms with van der Waals surface area (Å²) >= 11 is 0. The first-order valence-electron chi connectivity index (χ1n) is 7.04. The van der Waals surface area contributed by atoms with E-state index in [2.05, 4.69) is 39.6 Å². The molecule has 2 saturated heterocycles. The van der Waals surface area contributed by atoms with Crippen LogP contribution in [-0.4, -0.2) is 23.5 Å². The van der Waals surface area contributed by atoms with Gasteiger partial charge in [0.05, 0.1) is 0 Å². The van der Waals surface area contributed by atoms with E-state index in [1.165, 1.54) is 25.7 Å². The van der Waals surface area contributed by atoms with E-state index < -0.39 is 0 Å². The normalized spacial score (nSPS) is 52.3. The monoisotopic (exact) mass is 221 g/mol. The van der Waals surface area contributed by atoms with Crippen LogP contribution in [0.4, 0.5) is 0 Å². The third-order valence-electron chi connectivity index (χ3n) is 5.97. The molecule has 0 aromatic rings. The van der Waals surface area contributed by atoms with Crippen molar-refractivity contribution in [3.05, 3.63) is 0 Å². The minimum atomic E-state index is 0.525. The van der Waals surface area contributed by atoms with Crippen LogP contribution in [-0.2, 0) is 0 Å². The second-order valence-corrected chi connectivity index (χ2v) is 8.05. The molecule has 0 radical (unpaired) electrons. The summed E-state index contributed by atoms with van der Waals surface area (Å²) in [5, 5.41) is 0. The molecule has 0 N–H and O–H groups in total. The van der Waals surface area contributed by atoms with Crippen molar-refractivity contribution in [2.75, 3.05) is 7.05 Å². The molecule has 1 nitrogen and oxygen atoms in total. The third kappa shape index (κ3) is 1.33. The Morgan fingerprint density at radius 3 is 1.94 bits per heavy atom. The van der Waals surface area contributed by atoms with Crippen LogP contribution in [0.5, 0.6) is 0 Å². The summed E-state index contributed by atoms with van der Waals surface area (Å²) in [7, 11) is 2.37. The fraction of sp³-hybridized carbons (Fsp3) is 1.00. The SMILES string of the molecule is CN1C2CC3CC1(C)CC(C2)C3C(C)(C)C. The molecule has 0 spiro atoms. The molecule has 92 valence electrons. The smallest absolute Gasteiger partial charge is 0.0186 e. The highest BCUT2D eigenvalue weighted by molar-refractivity contribution is 5.11. The predicted octanol–water partition coefficient (Wildman–Crippen LogP) is 3.54. The Kier molecular flexibility index (Phi) is 2.11. The van der Waals surface area contributed by atoms with E-state index in [4.69, 9.17) is 0 Å². The maximum Gasteiger partial charge on any atom is 0.0186 e. The average Bonchev–Trinajstić information content (AvgIpc) is 2.09. The van der Waals surface area contributed by atoms with Crippen LogP contribution < -0.4 is 0 Å². The van der Waals surface area contributed by atoms with Crippen LogP contribution in [0.15, 0.2) is 0 Å². The lowest BCUT2D eigenvalue weighted by Crippen LogP contribution is -2.66. The maximum atomic E-state index is 2.71. The molecule has 0 aromatic heterocycles. The lowest BCUT2D eigenvalue weighted by Gasteiger charge is -2.66. The van der Waals surface area contributed by atoms with Crippen LogP contribution in [0.3, 0.4) is 0 Å². The van der Waals surface area contributed by atoms with E-state index in [0.29, 0.717) is 11.0 Å². The lowest BCUT2D eigenvalue weighted by atomic mass is 9.49. The molecule has 2 aliphatic carbocycles. The van der Waals surface area contributed by atoms with Gasteiger partial charge in [-0.2, -0.15) is 0 Å². The number of piperidine rings is 2. The van der Waals surface area contributed by atoms with E-state index in [1.807, 2.05) is 0 Å². The summed E-state index contributed by atoms with van der Waals surface area (Å²) in [4.78, 5) is 2.71. The van der Waals surface area contributed by atoms with Crippen molar-refractivity contribution in [1.82, 2.24) is 4.90 Å². The fourth-order valence-electron chi connectivity index (χ4n) is 5.57. The van der Waals surface area contributed by atoms with Gasteiger partial charge in [0.1, 0.15) is 0 Å². The first kappa shape index (κ1) is 11.1. The van der Waals surface area contributed by atoms with Gasteiger partial charge in [0.25, 0.3) is 0 Å². The molecular formula is C15H27N. The van der Waals surface area contributed by atoms with E-state index >= 15 is 0 Å². The molecule has 2 atom stereocenters. The van der Waals surface area contributed by atoms with Gasteiger partial charge in [0.15, 0.2) is 0 Å². The Labute approximate surface area is 101 Å². The maximum absolute atomic E-state index is 2.71. The average molecular weight is 221 g/mol. The summed E-state index contributed by atoms with van der Waals surface area (Å²) in [5.41, 5.74) is 1.07. The van der Waals surface area contributed by atoms with Crippen LogP contribution in [0.1, 0.15) is 53.4 Å². The van der Waals surface area contributed by atoms with E-state index in [9.17, 15) is 0 Å². The van der Waals surface area contributed by atoms with Crippen molar-refractivity contribution >= 4 is 0 Å². The number of rotatable bonds is 0. The van der Waals surface area contributed by atoms with Gasteiger partial charge in [-0.25, -0.2) is 0 Å². The quantitative estimate of drug-likeness (QED) is 0.605. The Hall–Kier alpha value is -0.0400.